The number of nitrogens with one attached hydrogen (secondary N) is 3. The molecule has 0 atom stereocenters. The highest BCUT2D eigenvalue weighted by molar-refractivity contribution is 5.81. The summed E-state index contributed by atoms with van der Waals surface area (Å²) in [6.45, 7) is 6.20. The Labute approximate surface area is 235 Å². The molecule has 0 fully saturated rings. The van der Waals surface area contributed by atoms with E-state index in [1.807, 2.05) is 30.3 Å². The molecule has 0 radical (unpaired) electrons. The zero-order valence-electron chi connectivity index (χ0n) is 21.8. The molecule has 1 heterocycles. The highest BCUT2D eigenvalue weighted by Crippen LogP contribution is 2.23. The molecule has 0 aliphatic rings. The summed E-state index contributed by atoms with van der Waals surface area (Å²) in [5, 5.41) is 9.47. The van der Waals surface area contributed by atoms with Crippen molar-refractivity contribution in [2.24, 2.45) is 0 Å². The van der Waals surface area contributed by atoms with Gasteiger partial charge in [-0.15, -0.1) is 0 Å². The van der Waals surface area contributed by atoms with Crippen molar-refractivity contribution in [2.45, 2.75) is 0 Å². The largest absolute Gasteiger partial charge is 0.457 e. The van der Waals surface area contributed by atoms with Crippen LogP contribution in [0.4, 0.5) is 34.9 Å². The van der Waals surface area contributed by atoms with Gasteiger partial charge in [-0.05, 0) is 60.7 Å². The first-order chi connectivity index (χ1) is 20.0. The number of nitrogens with zero attached hydrogens (tertiary/aromatic N) is 3. The molecule has 0 aliphatic carbocycles. The standard InChI is InChI=1S/C29H26N6O6/c1-3-25(36)40-18-38-23-14-10-21(11-15-23)31-28-33-27(30-20-8-6-5-7-9-20)34-29(35-28)32-22-12-16-24(17-13-22)39-19-41-26(37)4-2/h3-17H,1-2,18-19H2,(H3,30,31,32,33,34,35). The number of ether oxygens (including phenoxy) is 4. The van der Waals surface area contributed by atoms with E-state index in [4.69, 9.17) is 18.9 Å². The first-order valence-electron chi connectivity index (χ1n) is 12.2. The van der Waals surface area contributed by atoms with Gasteiger partial charge in [0.15, 0.2) is 0 Å². The second-order valence-corrected chi connectivity index (χ2v) is 7.96. The maximum absolute atomic E-state index is 11.1. The van der Waals surface area contributed by atoms with Gasteiger partial charge in [0.25, 0.3) is 0 Å². The molecule has 0 amide bonds. The lowest BCUT2D eigenvalue weighted by Crippen LogP contribution is -2.08. The van der Waals surface area contributed by atoms with Gasteiger partial charge in [-0.3, -0.25) is 0 Å². The van der Waals surface area contributed by atoms with Gasteiger partial charge in [-0.25, -0.2) is 9.59 Å². The van der Waals surface area contributed by atoms with E-state index in [1.54, 1.807) is 48.5 Å². The van der Waals surface area contributed by atoms with Crippen LogP contribution in [-0.2, 0) is 19.1 Å². The van der Waals surface area contributed by atoms with E-state index in [2.05, 4.69) is 44.1 Å². The molecule has 12 nitrogen and oxygen atoms in total. The number of anilines is 6. The molecule has 0 unspecified atom stereocenters. The number of esters is 2. The van der Waals surface area contributed by atoms with E-state index in [0.717, 1.165) is 17.8 Å². The molecule has 41 heavy (non-hydrogen) atoms. The van der Waals surface area contributed by atoms with Gasteiger partial charge in [0, 0.05) is 29.2 Å². The van der Waals surface area contributed by atoms with E-state index in [-0.39, 0.29) is 25.5 Å². The van der Waals surface area contributed by atoms with Gasteiger partial charge in [0.1, 0.15) is 11.5 Å². The predicted molar refractivity (Wildman–Crippen MR) is 153 cm³/mol. The van der Waals surface area contributed by atoms with E-state index in [9.17, 15) is 9.59 Å². The maximum atomic E-state index is 11.1. The van der Waals surface area contributed by atoms with E-state index < -0.39 is 11.9 Å². The highest BCUT2D eigenvalue weighted by atomic mass is 16.7. The van der Waals surface area contributed by atoms with Crippen molar-refractivity contribution in [3.05, 3.63) is 104 Å². The van der Waals surface area contributed by atoms with Crippen LogP contribution < -0.4 is 25.4 Å². The summed E-state index contributed by atoms with van der Waals surface area (Å²) >= 11 is 0. The zero-order chi connectivity index (χ0) is 28.9. The number of carbonyl (C=O) groups excluding carboxylic acids is 2. The number of hydrogen-bond donors (Lipinski definition) is 3. The third-order valence-electron chi connectivity index (χ3n) is 5.07. The van der Waals surface area contributed by atoms with Crippen molar-refractivity contribution < 1.29 is 28.5 Å². The topological polar surface area (TPSA) is 146 Å². The smallest absolute Gasteiger partial charge is 0.333 e. The van der Waals surface area contributed by atoms with Gasteiger partial charge in [-0.1, -0.05) is 31.4 Å². The molecule has 0 saturated carbocycles. The minimum absolute atomic E-state index is 0.232. The van der Waals surface area contributed by atoms with Gasteiger partial charge in [0.05, 0.1) is 0 Å². The highest BCUT2D eigenvalue weighted by Gasteiger charge is 2.09. The Morgan fingerprint density at radius 2 is 0.951 bits per heavy atom. The fourth-order valence-electron chi connectivity index (χ4n) is 3.15. The van der Waals surface area contributed by atoms with Crippen molar-refractivity contribution >= 4 is 46.8 Å². The van der Waals surface area contributed by atoms with E-state index >= 15 is 0 Å². The molecule has 12 heteroatoms. The van der Waals surface area contributed by atoms with Crippen LogP contribution in [0.5, 0.6) is 11.5 Å². The van der Waals surface area contributed by atoms with Crippen LogP contribution in [0.2, 0.25) is 0 Å². The zero-order valence-corrected chi connectivity index (χ0v) is 21.8. The quantitative estimate of drug-likeness (QED) is 0.106. The summed E-state index contributed by atoms with van der Waals surface area (Å²) in [5.74, 6) is 0.726. The molecule has 0 saturated heterocycles. The Kier molecular flexibility index (Phi) is 9.80. The minimum atomic E-state index is -0.571. The second-order valence-electron chi connectivity index (χ2n) is 7.96. The number of rotatable bonds is 14. The Balaban J connectivity index is 1.46. The Morgan fingerprint density at radius 3 is 1.32 bits per heavy atom. The summed E-state index contributed by atoms with van der Waals surface area (Å²) in [7, 11) is 0. The number of hydrogen-bond acceptors (Lipinski definition) is 12. The Bertz CT molecular complexity index is 1390. The lowest BCUT2D eigenvalue weighted by molar-refractivity contribution is -0.145. The molecule has 0 aliphatic heterocycles. The molecule has 1 aromatic heterocycles. The van der Waals surface area contributed by atoms with Gasteiger partial charge in [0.2, 0.25) is 31.4 Å². The van der Waals surface area contributed by atoms with Gasteiger partial charge >= 0.3 is 11.9 Å². The van der Waals surface area contributed by atoms with Crippen LogP contribution in [0.1, 0.15) is 0 Å². The fraction of sp³-hybridized carbons (Fsp3) is 0.0690. The number of carbonyl (C=O) groups is 2. The first-order valence-corrected chi connectivity index (χ1v) is 12.2. The molecule has 3 N–H and O–H groups in total. The number of para-hydroxylation sites is 1. The summed E-state index contributed by atoms with van der Waals surface area (Å²) in [5.41, 5.74) is 2.16. The molecule has 0 bridgehead atoms. The van der Waals surface area contributed by atoms with Gasteiger partial charge < -0.3 is 34.9 Å². The molecular weight excluding hydrogens is 528 g/mol. The second kappa shape index (κ2) is 14.3. The molecule has 4 rings (SSSR count). The molecule has 0 spiro atoms. The van der Waals surface area contributed by atoms with Crippen molar-refractivity contribution in [1.29, 1.82) is 0 Å². The lowest BCUT2D eigenvalue weighted by Gasteiger charge is -2.12. The Morgan fingerprint density at radius 1 is 0.585 bits per heavy atom. The van der Waals surface area contributed by atoms with E-state index in [0.29, 0.717) is 28.8 Å². The average molecular weight is 555 g/mol. The van der Waals surface area contributed by atoms with Crippen LogP contribution in [-0.4, -0.2) is 40.5 Å². The summed E-state index contributed by atoms with van der Waals surface area (Å²) in [6, 6.07) is 23.3. The van der Waals surface area contributed by atoms with Crippen molar-refractivity contribution in [3.63, 3.8) is 0 Å². The number of aromatic nitrogens is 3. The molecule has 208 valence electrons. The van der Waals surface area contributed by atoms with Crippen LogP contribution in [0, 0.1) is 0 Å². The van der Waals surface area contributed by atoms with Crippen molar-refractivity contribution in [1.82, 2.24) is 15.0 Å². The molecule has 4 aromatic rings. The van der Waals surface area contributed by atoms with Crippen LogP contribution in [0.3, 0.4) is 0 Å². The summed E-state index contributed by atoms with van der Waals surface area (Å²) in [6.07, 6.45) is 2.12. The molecular formula is C29H26N6O6. The predicted octanol–water partition coefficient (Wildman–Crippen LogP) is 5.23. The molecule has 3 aromatic carbocycles. The number of benzene rings is 3. The third-order valence-corrected chi connectivity index (χ3v) is 5.07. The lowest BCUT2D eigenvalue weighted by atomic mass is 10.3. The maximum Gasteiger partial charge on any atom is 0.333 e. The van der Waals surface area contributed by atoms with Crippen molar-refractivity contribution in [3.8, 4) is 11.5 Å². The Hall–Kier alpha value is -5.91. The van der Waals surface area contributed by atoms with Crippen LogP contribution >= 0.6 is 0 Å². The summed E-state index contributed by atoms with van der Waals surface area (Å²) in [4.78, 5) is 35.7. The van der Waals surface area contributed by atoms with Gasteiger partial charge in [-0.2, -0.15) is 15.0 Å². The third kappa shape index (κ3) is 9.11. The van der Waals surface area contributed by atoms with Crippen LogP contribution in [0.25, 0.3) is 0 Å². The SMILES string of the molecule is C=CC(=O)OCOc1ccc(Nc2nc(Nc3ccccc3)nc(Nc3ccc(OCOC(=O)C=C)cc3)n2)cc1. The van der Waals surface area contributed by atoms with E-state index in [1.165, 1.54) is 0 Å². The monoisotopic (exact) mass is 554 g/mol. The normalized spacial score (nSPS) is 10.0. The fourth-order valence-corrected chi connectivity index (χ4v) is 3.15. The van der Waals surface area contributed by atoms with Crippen molar-refractivity contribution in [2.75, 3.05) is 29.5 Å². The first kappa shape index (κ1) is 28.1. The average Bonchev–Trinajstić information content (AvgIpc) is 2.99. The minimum Gasteiger partial charge on any atom is -0.457 e. The van der Waals surface area contributed by atoms with Crippen LogP contribution in [0.15, 0.2) is 104 Å². The summed E-state index contributed by atoms with van der Waals surface area (Å²) < 4.78 is 20.4.